The molecule has 1 N–H and O–H groups in total. The highest BCUT2D eigenvalue weighted by Gasteiger charge is 2.21. The lowest BCUT2D eigenvalue weighted by molar-refractivity contribution is 0.0111. The second-order valence-corrected chi connectivity index (χ2v) is 4.59. The molecule has 0 aliphatic rings. The van der Waals surface area contributed by atoms with Gasteiger partial charge in [-0.05, 0) is 37.1 Å². The zero-order valence-electron chi connectivity index (χ0n) is 12.3. The van der Waals surface area contributed by atoms with E-state index in [-0.39, 0.29) is 12.6 Å². The molecule has 1 atom stereocenters. The quantitative estimate of drug-likeness (QED) is 0.674. The highest BCUT2D eigenvalue weighted by Crippen LogP contribution is 2.13. The van der Waals surface area contributed by atoms with Crippen LogP contribution in [0, 0.1) is 18.8 Å². The molecule has 0 bridgehead atoms. The number of hydrogen-bond donors (Lipinski definition) is 1. The van der Waals surface area contributed by atoms with Gasteiger partial charge in [0.1, 0.15) is 5.60 Å². The Bertz CT molecular complexity index is 539. The van der Waals surface area contributed by atoms with E-state index in [0.717, 1.165) is 11.1 Å². The number of ether oxygens (including phenoxy) is 2. The molecule has 0 amide bonds. The van der Waals surface area contributed by atoms with E-state index in [1.165, 1.54) is 14.2 Å². The number of methoxy groups -OCH3 is 2. The third-order valence-electron chi connectivity index (χ3n) is 3.04. The number of esters is 1. The van der Waals surface area contributed by atoms with E-state index < -0.39 is 5.60 Å². The molecule has 108 valence electrons. The van der Waals surface area contributed by atoms with Crippen LogP contribution in [0.3, 0.4) is 0 Å². The van der Waals surface area contributed by atoms with Crippen molar-refractivity contribution in [1.29, 1.82) is 0 Å². The number of benzene rings is 1. The van der Waals surface area contributed by atoms with Crippen molar-refractivity contribution in [2.24, 2.45) is 0 Å². The minimum absolute atomic E-state index is 0.162. The van der Waals surface area contributed by atoms with Gasteiger partial charge in [0, 0.05) is 12.7 Å². The van der Waals surface area contributed by atoms with Gasteiger partial charge in [0.05, 0.1) is 19.3 Å². The first-order valence-electron chi connectivity index (χ1n) is 6.39. The van der Waals surface area contributed by atoms with E-state index in [9.17, 15) is 9.90 Å². The third-order valence-corrected chi connectivity index (χ3v) is 3.04. The first-order valence-corrected chi connectivity index (χ1v) is 6.39. The average Bonchev–Trinajstić information content (AvgIpc) is 2.45. The summed E-state index contributed by atoms with van der Waals surface area (Å²) in [6, 6.07) is 5.20. The smallest absolute Gasteiger partial charge is 0.338 e. The van der Waals surface area contributed by atoms with E-state index in [0.29, 0.717) is 12.0 Å². The van der Waals surface area contributed by atoms with Crippen LogP contribution >= 0.6 is 0 Å². The van der Waals surface area contributed by atoms with Crippen LogP contribution in [0.4, 0.5) is 0 Å². The van der Waals surface area contributed by atoms with Gasteiger partial charge in [-0.15, -0.1) is 0 Å². The van der Waals surface area contributed by atoms with Gasteiger partial charge in [-0.1, -0.05) is 18.8 Å². The number of rotatable bonds is 4. The fraction of sp³-hybridized carbons (Fsp3) is 0.438. The lowest BCUT2D eigenvalue weighted by Crippen LogP contribution is -2.31. The Morgan fingerprint density at radius 3 is 2.60 bits per heavy atom. The van der Waals surface area contributed by atoms with Gasteiger partial charge in [-0.25, -0.2) is 4.79 Å². The molecule has 0 fully saturated rings. The SMILES string of the molecule is CC[C@](O)(C#Cc1ccc(C(=O)OC)c(C)c1)COC. The van der Waals surface area contributed by atoms with E-state index in [1.54, 1.807) is 18.2 Å². The molecule has 20 heavy (non-hydrogen) atoms. The molecule has 0 spiro atoms. The fourth-order valence-corrected chi connectivity index (χ4v) is 1.73. The molecule has 0 aliphatic carbocycles. The summed E-state index contributed by atoms with van der Waals surface area (Å²) in [6.07, 6.45) is 0.479. The Morgan fingerprint density at radius 2 is 2.10 bits per heavy atom. The van der Waals surface area contributed by atoms with Crippen molar-refractivity contribution >= 4 is 5.97 Å². The molecule has 1 aromatic carbocycles. The van der Waals surface area contributed by atoms with Crippen molar-refractivity contribution in [3.8, 4) is 11.8 Å². The summed E-state index contributed by atoms with van der Waals surface area (Å²) in [5.74, 6) is 5.36. The Kier molecular flexibility index (Phi) is 5.75. The number of aliphatic hydroxyl groups is 1. The maximum atomic E-state index is 11.5. The normalized spacial score (nSPS) is 13.1. The zero-order chi connectivity index (χ0) is 15.2. The Morgan fingerprint density at radius 1 is 1.40 bits per heavy atom. The van der Waals surface area contributed by atoms with Gasteiger partial charge < -0.3 is 14.6 Å². The van der Waals surface area contributed by atoms with Gasteiger partial charge in [0.15, 0.2) is 0 Å². The van der Waals surface area contributed by atoms with Gasteiger partial charge >= 0.3 is 5.97 Å². The first kappa shape index (κ1) is 16.2. The molecule has 0 unspecified atom stereocenters. The zero-order valence-corrected chi connectivity index (χ0v) is 12.3. The second-order valence-electron chi connectivity index (χ2n) is 4.59. The van der Waals surface area contributed by atoms with Crippen molar-refractivity contribution in [3.63, 3.8) is 0 Å². The number of carbonyl (C=O) groups is 1. The molecule has 0 saturated heterocycles. The van der Waals surface area contributed by atoms with Crippen molar-refractivity contribution < 1.29 is 19.4 Å². The van der Waals surface area contributed by atoms with E-state index in [4.69, 9.17) is 4.74 Å². The summed E-state index contributed by atoms with van der Waals surface area (Å²) in [4.78, 5) is 11.5. The molecule has 1 aromatic rings. The monoisotopic (exact) mass is 276 g/mol. The molecule has 0 heterocycles. The molecule has 0 saturated carbocycles. The second kappa shape index (κ2) is 7.09. The highest BCUT2D eigenvalue weighted by atomic mass is 16.5. The number of carbonyl (C=O) groups excluding carboxylic acids is 1. The fourth-order valence-electron chi connectivity index (χ4n) is 1.73. The highest BCUT2D eigenvalue weighted by molar-refractivity contribution is 5.91. The number of aryl methyl sites for hydroxylation is 1. The summed E-state index contributed by atoms with van der Waals surface area (Å²) >= 11 is 0. The summed E-state index contributed by atoms with van der Waals surface area (Å²) in [5.41, 5.74) is 0.887. The van der Waals surface area contributed by atoms with Crippen LogP contribution in [0.2, 0.25) is 0 Å². The van der Waals surface area contributed by atoms with Crippen molar-refractivity contribution in [1.82, 2.24) is 0 Å². The molecule has 0 aliphatic heterocycles. The van der Waals surface area contributed by atoms with Gasteiger partial charge in [-0.2, -0.15) is 0 Å². The summed E-state index contributed by atoms with van der Waals surface area (Å²) in [5, 5.41) is 10.2. The predicted molar refractivity (Wildman–Crippen MR) is 76.5 cm³/mol. The molecule has 0 aromatic heterocycles. The predicted octanol–water partition coefficient (Wildman–Crippen LogP) is 1.92. The standard InChI is InChI=1S/C16H20O4/c1-5-16(18,11-19-3)9-8-13-6-7-14(12(2)10-13)15(17)20-4/h6-7,10,18H,5,11H2,1-4H3/t16-/m0/s1. The van der Waals surface area contributed by atoms with Crippen LogP contribution < -0.4 is 0 Å². The Hall–Kier alpha value is -1.83. The molecular weight excluding hydrogens is 256 g/mol. The molecule has 1 rings (SSSR count). The Balaban J connectivity index is 3.01. The van der Waals surface area contributed by atoms with Crippen LogP contribution in [0.5, 0.6) is 0 Å². The summed E-state index contributed by atoms with van der Waals surface area (Å²) in [7, 11) is 2.87. The van der Waals surface area contributed by atoms with Crippen LogP contribution in [-0.2, 0) is 9.47 Å². The topological polar surface area (TPSA) is 55.8 Å². The molecule has 4 nitrogen and oxygen atoms in total. The summed E-state index contributed by atoms with van der Waals surface area (Å²) < 4.78 is 9.65. The van der Waals surface area contributed by atoms with Crippen LogP contribution in [0.1, 0.15) is 34.8 Å². The van der Waals surface area contributed by atoms with Gasteiger partial charge in [0.25, 0.3) is 0 Å². The minimum atomic E-state index is -1.15. The third kappa shape index (κ3) is 4.09. The molecule has 4 heteroatoms. The number of hydrogen-bond acceptors (Lipinski definition) is 4. The minimum Gasteiger partial charge on any atom is -0.465 e. The van der Waals surface area contributed by atoms with E-state index >= 15 is 0 Å². The van der Waals surface area contributed by atoms with Crippen molar-refractivity contribution in [3.05, 3.63) is 34.9 Å². The van der Waals surface area contributed by atoms with Gasteiger partial charge in [-0.3, -0.25) is 0 Å². The maximum absolute atomic E-state index is 11.5. The van der Waals surface area contributed by atoms with E-state index in [2.05, 4.69) is 16.6 Å². The lowest BCUT2D eigenvalue weighted by Gasteiger charge is -2.18. The maximum Gasteiger partial charge on any atom is 0.338 e. The lowest BCUT2D eigenvalue weighted by atomic mass is 10.0. The van der Waals surface area contributed by atoms with Gasteiger partial charge in [0.2, 0.25) is 0 Å². The molecular formula is C16H20O4. The molecule has 0 radical (unpaired) electrons. The van der Waals surface area contributed by atoms with Crippen LogP contribution in [0.15, 0.2) is 18.2 Å². The van der Waals surface area contributed by atoms with E-state index in [1.807, 2.05) is 13.8 Å². The average molecular weight is 276 g/mol. The van der Waals surface area contributed by atoms with Crippen molar-refractivity contribution in [2.75, 3.05) is 20.8 Å². The Labute approximate surface area is 119 Å². The van der Waals surface area contributed by atoms with Crippen molar-refractivity contribution in [2.45, 2.75) is 25.9 Å². The van der Waals surface area contributed by atoms with Crippen LogP contribution in [0.25, 0.3) is 0 Å². The first-order chi connectivity index (χ1) is 9.45. The summed E-state index contributed by atoms with van der Waals surface area (Å²) in [6.45, 7) is 3.83. The largest absolute Gasteiger partial charge is 0.465 e. The van der Waals surface area contributed by atoms with Crippen LogP contribution in [-0.4, -0.2) is 37.5 Å².